The van der Waals surface area contributed by atoms with Crippen molar-refractivity contribution in [1.82, 2.24) is 4.57 Å². The minimum atomic E-state index is -2.14. The van der Waals surface area contributed by atoms with Crippen LogP contribution >= 0.6 is 0 Å². The third-order valence-corrected chi connectivity index (χ3v) is 25.6. The first-order chi connectivity index (χ1) is 16.9. The molecule has 0 N–H and O–H groups in total. The molecule has 1 aliphatic heterocycles. The molecule has 39 heavy (non-hydrogen) atoms. The molecule has 228 valence electrons. The summed E-state index contributed by atoms with van der Waals surface area (Å²) < 4.78 is 16.3. The van der Waals surface area contributed by atoms with Crippen molar-refractivity contribution in [3.63, 3.8) is 0 Å². The molecule has 5 atom stereocenters. The van der Waals surface area contributed by atoms with Crippen LogP contribution in [0.4, 0.5) is 0 Å². The van der Waals surface area contributed by atoms with Crippen molar-refractivity contribution in [3.8, 4) is 11.5 Å². The Hall–Kier alpha value is -0.182. The predicted molar refractivity (Wildman–Crippen MR) is 181 cm³/mol. The lowest BCUT2D eigenvalue weighted by atomic mass is 9.77. The quantitative estimate of drug-likeness (QED) is 0.156. The van der Waals surface area contributed by atoms with Crippen molar-refractivity contribution < 1.29 is 13.6 Å². The Labute approximate surface area is 248 Å². The first-order valence-corrected chi connectivity index (χ1v) is 27.4. The van der Waals surface area contributed by atoms with E-state index in [9.17, 15) is 4.79 Å². The monoisotopic (exact) mass is 611 g/mol. The van der Waals surface area contributed by atoms with E-state index in [2.05, 4.69) is 151 Å². The fraction of sp³-hybridized carbons (Fsp3) is 0.903. The zero-order chi connectivity index (χ0) is 31.4. The molecule has 0 saturated carbocycles. The summed E-state index contributed by atoms with van der Waals surface area (Å²) in [6.07, 6.45) is -0.337. The van der Waals surface area contributed by atoms with E-state index in [0.717, 1.165) is 0 Å². The van der Waals surface area contributed by atoms with Crippen LogP contribution in [0, 0.1) is 23.3 Å². The largest absolute Gasteiger partial charge is 0.413 e. The maximum absolute atomic E-state index is 14.2. The molecule has 1 heterocycles. The highest BCUT2D eigenvalue weighted by atomic mass is 28.4. The molecule has 1 saturated heterocycles. The van der Waals surface area contributed by atoms with Crippen LogP contribution in [0.15, 0.2) is 0 Å². The van der Waals surface area contributed by atoms with Crippen molar-refractivity contribution in [2.24, 2.45) is 11.8 Å². The Bertz CT molecular complexity index is 937. The summed E-state index contributed by atoms with van der Waals surface area (Å²) in [4.78, 5) is 14.2. The van der Waals surface area contributed by atoms with Crippen molar-refractivity contribution >= 4 is 38.9 Å². The second-order valence-corrected chi connectivity index (χ2v) is 37.2. The van der Waals surface area contributed by atoms with Gasteiger partial charge >= 0.3 is 0 Å². The molecule has 0 aromatic carbocycles. The molecule has 0 spiro atoms. The van der Waals surface area contributed by atoms with Crippen LogP contribution in [-0.4, -0.2) is 61.7 Å². The molecule has 1 unspecified atom stereocenters. The fourth-order valence-corrected chi connectivity index (χ4v) is 10.4. The van der Waals surface area contributed by atoms with E-state index in [0.29, 0.717) is 0 Å². The number of hydrogen-bond acceptors (Lipinski definition) is 3. The Kier molecular flexibility index (Phi) is 10.8. The third kappa shape index (κ3) is 8.22. The highest BCUT2D eigenvalue weighted by Crippen LogP contribution is 2.50. The lowest BCUT2D eigenvalue weighted by Gasteiger charge is -2.62. The van der Waals surface area contributed by atoms with Crippen LogP contribution < -0.4 is 0 Å². The van der Waals surface area contributed by atoms with Gasteiger partial charge in [-0.3, -0.25) is 4.79 Å². The van der Waals surface area contributed by atoms with Gasteiger partial charge in [0.1, 0.15) is 14.2 Å². The van der Waals surface area contributed by atoms with Gasteiger partial charge in [0.25, 0.3) is 0 Å². The topological polar surface area (TPSA) is 38.8 Å². The highest BCUT2D eigenvalue weighted by molar-refractivity contribution is 6.84. The lowest BCUT2D eigenvalue weighted by molar-refractivity contribution is -0.159. The van der Waals surface area contributed by atoms with Crippen LogP contribution in [0.5, 0.6) is 0 Å². The number of carbonyl (C=O) groups is 1. The van der Waals surface area contributed by atoms with Crippen LogP contribution in [0.2, 0.25) is 74.0 Å². The van der Waals surface area contributed by atoms with Gasteiger partial charge in [-0.25, -0.2) is 0 Å². The van der Waals surface area contributed by atoms with Gasteiger partial charge < -0.3 is 13.4 Å². The minimum absolute atomic E-state index is 0.0505. The van der Waals surface area contributed by atoms with Crippen molar-refractivity contribution in [1.29, 1.82) is 0 Å². The SMILES string of the molecule is C[C@@H](O[Si](C)(C)C(C)(C)C)[C@H]1C(=O)N([Si](C)(C)C(C)(C)C)[C@@H]1[C@@H](C)C(C#C[Si](C)(C)C)O[Si](C)(C)C(C)(C)C. The van der Waals surface area contributed by atoms with E-state index in [1.165, 1.54) is 0 Å². The van der Waals surface area contributed by atoms with E-state index in [1.807, 2.05) is 0 Å². The summed E-state index contributed by atoms with van der Waals surface area (Å²) in [6, 6.07) is 0.0591. The minimum Gasteiger partial charge on any atom is -0.413 e. The number of β-lactam (4-membered cyclic amide) rings is 1. The van der Waals surface area contributed by atoms with Crippen molar-refractivity contribution in [2.75, 3.05) is 0 Å². The lowest BCUT2D eigenvalue weighted by Crippen LogP contribution is -2.77. The molecular formula is C31H65NO3Si4. The first-order valence-electron chi connectivity index (χ1n) is 15.1. The highest BCUT2D eigenvalue weighted by Gasteiger charge is 2.62. The normalized spacial score (nSPS) is 22.6. The Morgan fingerprint density at radius 3 is 1.49 bits per heavy atom. The zero-order valence-corrected chi connectivity index (χ0v) is 33.6. The average Bonchev–Trinajstić information content (AvgIpc) is 2.64. The van der Waals surface area contributed by atoms with Gasteiger partial charge in [-0.1, -0.05) is 108 Å². The van der Waals surface area contributed by atoms with E-state index in [4.69, 9.17) is 8.85 Å². The van der Waals surface area contributed by atoms with E-state index in [-0.39, 0.29) is 51.1 Å². The van der Waals surface area contributed by atoms with Gasteiger partial charge in [-0.2, -0.15) is 0 Å². The van der Waals surface area contributed by atoms with Gasteiger partial charge in [0, 0.05) is 12.0 Å². The summed E-state index contributed by atoms with van der Waals surface area (Å²) in [5.74, 6) is 3.86. The number of carbonyl (C=O) groups excluding carboxylic acids is 1. The van der Waals surface area contributed by atoms with E-state index < -0.39 is 32.9 Å². The second-order valence-electron chi connectivity index (χ2n) is 17.8. The van der Waals surface area contributed by atoms with Gasteiger partial charge in [-0.05, 0) is 48.2 Å². The van der Waals surface area contributed by atoms with E-state index in [1.54, 1.807) is 0 Å². The van der Waals surface area contributed by atoms with Gasteiger partial charge in [0.2, 0.25) is 5.91 Å². The molecule has 0 aromatic rings. The van der Waals surface area contributed by atoms with Gasteiger partial charge in [0.05, 0.1) is 12.0 Å². The number of hydrogen-bond donors (Lipinski definition) is 0. The Morgan fingerprint density at radius 1 is 0.718 bits per heavy atom. The molecular weight excluding hydrogens is 547 g/mol. The standard InChI is InChI=1S/C31H65NO3Si4/c1-23(25(21-22-36(12,13)14)35-39(19,20)31(9,10)11)27-26(24(2)34-38(17,18)30(6,7)8)28(33)32(27)37(15,16)29(3,4)5/h23-27H,1-20H3/t23-,24+,25?,26+,27+/m0/s1. The van der Waals surface area contributed by atoms with Crippen LogP contribution in [0.25, 0.3) is 0 Å². The summed E-state index contributed by atoms with van der Waals surface area (Å²) >= 11 is 0. The van der Waals surface area contributed by atoms with Crippen LogP contribution in [0.3, 0.4) is 0 Å². The maximum atomic E-state index is 14.2. The van der Waals surface area contributed by atoms with Crippen LogP contribution in [0.1, 0.15) is 76.2 Å². The Balaban J connectivity index is 3.71. The van der Waals surface area contributed by atoms with Crippen LogP contribution in [-0.2, 0) is 13.6 Å². The molecule has 0 aromatic heterocycles. The fourth-order valence-electron chi connectivity index (χ4n) is 4.53. The third-order valence-electron chi connectivity index (χ3n) is 10.3. The van der Waals surface area contributed by atoms with Crippen molar-refractivity contribution in [2.45, 2.75) is 168 Å². The molecule has 1 amide bonds. The van der Waals surface area contributed by atoms with Gasteiger partial charge in [-0.15, -0.1) is 5.54 Å². The molecule has 0 radical (unpaired) electrons. The van der Waals surface area contributed by atoms with Crippen molar-refractivity contribution in [3.05, 3.63) is 0 Å². The smallest absolute Gasteiger partial charge is 0.222 e. The second kappa shape index (κ2) is 11.5. The molecule has 0 bridgehead atoms. The number of amides is 1. The molecule has 1 rings (SSSR count). The molecule has 8 heteroatoms. The zero-order valence-electron chi connectivity index (χ0n) is 29.6. The maximum Gasteiger partial charge on any atom is 0.222 e. The summed E-state index contributed by atoms with van der Waals surface area (Å²) in [5, 5.41) is 0.221. The summed E-state index contributed by atoms with van der Waals surface area (Å²) in [6.45, 7) is 45.8. The average molecular weight is 612 g/mol. The number of nitrogens with zero attached hydrogens (tertiary/aromatic N) is 1. The number of rotatable bonds is 8. The molecule has 1 aliphatic rings. The molecule has 1 fully saturated rings. The molecule has 0 aliphatic carbocycles. The molecule has 4 nitrogen and oxygen atoms in total. The summed E-state index contributed by atoms with van der Waals surface area (Å²) in [7, 11) is -7.90. The predicted octanol–water partition coefficient (Wildman–Crippen LogP) is 9.14. The van der Waals surface area contributed by atoms with Gasteiger partial charge in [0.15, 0.2) is 24.9 Å². The first kappa shape index (κ1) is 36.8. The Morgan fingerprint density at radius 2 is 1.13 bits per heavy atom. The van der Waals surface area contributed by atoms with E-state index >= 15 is 0 Å². The summed E-state index contributed by atoms with van der Waals surface area (Å²) in [5.41, 5.74) is 3.65.